The maximum absolute atomic E-state index is 13.8. The average Bonchev–Trinajstić information content (AvgIpc) is 3.00. The number of carbonyl (C=O) groups excluding carboxylic acids is 3. The van der Waals surface area contributed by atoms with Crippen LogP contribution in [0, 0.1) is 11.7 Å². The van der Waals surface area contributed by atoms with Crippen molar-refractivity contribution in [2.75, 3.05) is 7.11 Å². The van der Waals surface area contributed by atoms with Crippen LogP contribution in [0.3, 0.4) is 0 Å². The van der Waals surface area contributed by atoms with E-state index in [0.717, 1.165) is 49.8 Å². The number of Topliss-reactive ketones (excluding diaryl/α,β-unsaturated/α-hetero) is 2. The molecular weight excluding hydrogens is 547 g/mol. The summed E-state index contributed by atoms with van der Waals surface area (Å²) in [5.41, 5.74) is 2.91. The Morgan fingerprint density at radius 1 is 0.738 bits per heavy atom. The largest absolute Gasteiger partial charge is 0.469 e. The third-order valence-corrected chi connectivity index (χ3v) is 8.02. The third-order valence-electron chi connectivity index (χ3n) is 7.61. The van der Waals surface area contributed by atoms with E-state index in [9.17, 15) is 18.8 Å². The minimum Gasteiger partial charge on any atom is -0.469 e. The zero-order chi connectivity index (χ0) is 30.2. The van der Waals surface area contributed by atoms with Crippen LogP contribution in [-0.2, 0) is 25.5 Å². The number of benzene rings is 3. The van der Waals surface area contributed by atoms with E-state index in [0.29, 0.717) is 12.3 Å². The van der Waals surface area contributed by atoms with Crippen molar-refractivity contribution in [1.82, 2.24) is 0 Å². The standard InChI is InChI=1S/C36H41FO4S/c1-41-36(40)30(25-32(39)26-31(38)24-29-18-11-12-23-35(29)37)19-9-4-10-20-33(42)21-13-22-34(27-14-5-2-6-15-27)28-16-7-3-8-17-28/h2-3,5-8,11-12,14-18,23,30,34H,4,9-10,13,19-22,24-26H2,1H3/t30-/m1/s1. The van der Waals surface area contributed by atoms with E-state index in [-0.39, 0.29) is 36.4 Å². The molecule has 0 bridgehead atoms. The van der Waals surface area contributed by atoms with Gasteiger partial charge in [0.15, 0.2) is 0 Å². The summed E-state index contributed by atoms with van der Waals surface area (Å²) in [6.07, 6.45) is 6.44. The number of carbonyl (C=O) groups is 3. The number of thiocarbonyl (C=S) groups is 1. The minimum atomic E-state index is -0.580. The Morgan fingerprint density at radius 3 is 1.95 bits per heavy atom. The summed E-state index contributed by atoms with van der Waals surface area (Å²) in [6, 6.07) is 27.2. The lowest BCUT2D eigenvalue weighted by atomic mass is 9.87. The first-order chi connectivity index (χ1) is 20.4. The molecule has 42 heavy (non-hydrogen) atoms. The summed E-state index contributed by atoms with van der Waals surface area (Å²) in [5.74, 6) is -1.81. The zero-order valence-electron chi connectivity index (χ0n) is 24.4. The molecule has 222 valence electrons. The van der Waals surface area contributed by atoms with E-state index in [1.165, 1.54) is 30.4 Å². The number of ether oxygens (including phenoxy) is 1. The molecule has 1 atom stereocenters. The predicted molar refractivity (Wildman–Crippen MR) is 169 cm³/mol. The molecule has 0 aliphatic heterocycles. The molecule has 0 aromatic heterocycles. The van der Waals surface area contributed by atoms with Crippen LogP contribution in [-0.4, -0.2) is 29.5 Å². The van der Waals surface area contributed by atoms with Crippen LogP contribution < -0.4 is 0 Å². The Balaban J connectivity index is 1.36. The number of rotatable bonds is 19. The normalized spacial score (nSPS) is 11.7. The van der Waals surface area contributed by atoms with Gasteiger partial charge in [0.1, 0.15) is 17.4 Å². The molecule has 0 spiro atoms. The highest BCUT2D eigenvalue weighted by atomic mass is 32.1. The van der Waals surface area contributed by atoms with Crippen LogP contribution in [0.2, 0.25) is 0 Å². The smallest absolute Gasteiger partial charge is 0.309 e. The van der Waals surface area contributed by atoms with Crippen molar-refractivity contribution in [1.29, 1.82) is 0 Å². The lowest BCUT2D eigenvalue weighted by Crippen LogP contribution is -2.22. The second kappa shape index (κ2) is 18.1. The number of hydrogen-bond donors (Lipinski definition) is 0. The fourth-order valence-corrected chi connectivity index (χ4v) is 5.66. The van der Waals surface area contributed by atoms with Crippen molar-refractivity contribution in [2.24, 2.45) is 5.92 Å². The van der Waals surface area contributed by atoms with Crippen molar-refractivity contribution in [3.05, 3.63) is 107 Å². The highest BCUT2D eigenvalue weighted by molar-refractivity contribution is 7.80. The predicted octanol–water partition coefficient (Wildman–Crippen LogP) is 8.40. The zero-order valence-corrected chi connectivity index (χ0v) is 25.3. The molecule has 0 aliphatic rings. The molecule has 0 N–H and O–H groups in total. The van der Waals surface area contributed by atoms with Gasteiger partial charge in [0, 0.05) is 18.8 Å². The Labute approximate surface area is 254 Å². The summed E-state index contributed by atoms with van der Waals surface area (Å²) in [6.45, 7) is 0. The third kappa shape index (κ3) is 11.4. The highest BCUT2D eigenvalue weighted by Gasteiger charge is 2.24. The molecule has 0 fully saturated rings. The van der Waals surface area contributed by atoms with Gasteiger partial charge in [-0.2, -0.15) is 0 Å². The SMILES string of the molecule is COC(=O)[C@H](CCCCCC(=S)CCCC(c1ccccc1)c1ccccc1)CC(=O)CC(=O)Cc1ccccc1F. The first-order valence-corrected chi connectivity index (χ1v) is 15.2. The molecule has 3 rings (SSSR count). The average molecular weight is 589 g/mol. The summed E-state index contributed by atoms with van der Waals surface area (Å²) >= 11 is 5.68. The second-order valence-electron chi connectivity index (χ2n) is 10.9. The van der Waals surface area contributed by atoms with E-state index in [1.807, 2.05) is 12.1 Å². The van der Waals surface area contributed by atoms with Gasteiger partial charge in [-0.05, 0) is 66.1 Å². The topological polar surface area (TPSA) is 60.4 Å². The van der Waals surface area contributed by atoms with E-state index < -0.39 is 17.7 Å². The number of esters is 1. The van der Waals surface area contributed by atoms with E-state index >= 15 is 0 Å². The number of ketones is 2. The molecular formula is C36H41FO4S. The molecule has 6 heteroatoms. The molecule has 0 saturated heterocycles. The van der Waals surface area contributed by atoms with Crippen molar-refractivity contribution >= 4 is 34.6 Å². The van der Waals surface area contributed by atoms with Gasteiger partial charge >= 0.3 is 5.97 Å². The molecule has 0 heterocycles. The van der Waals surface area contributed by atoms with Crippen molar-refractivity contribution in [3.8, 4) is 0 Å². The Bertz CT molecular complexity index is 1250. The van der Waals surface area contributed by atoms with Crippen molar-refractivity contribution < 1.29 is 23.5 Å². The summed E-state index contributed by atoms with van der Waals surface area (Å²) in [7, 11) is 1.31. The van der Waals surface area contributed by atoms with Gasteiger partial charge in [0.25, 0.3) is 0 Å². The van der Waals surface area contributed by atoms with Crippen LogP contribution in [0.5, 0.6) is 0 Å². The maximum atomic E-state index is 13.8. The molecule has 0 radical (unpaired) electrons. The number of hydrogen-bond acceptors (Lipinski definition) is 5. The van der Waals surface area contributed by atoms with Crippen LogP contribution in [0.4, 0.5) is 4.39 Å². The molecule has 4 nitrogen and oxygen atoms in total. The van der Waals surface area contributed by atoms with Gasteiger partial charge in [-0.15, -0.1) is 0 Å². The molecule has 3 aromatic carbocycles. The van der Waals surface area contributed by atoms with Crippen molar-refractivity contribution in [3.63, 3.8) is 0 Å². The molecule has 3 aromatic rings. The van der Waals surface area contributed by atoms with E-state index in [1.54, 1.807) is 12.1 Å². The Hall–Kier alpha value is -3.51. The fourth-order valence-electron chi connectivity index (χ4n) is 5.37. The van der Waals surface area contributed by atoms with Crippen LogP contribution in [0.25, 0.3) is 0 Å². The van der Waals surface area contributed by atoms with Gasteiger partial charge in [-0.25, -0.2) is 4.39 Å². The molecule has 0 saturated carbocycles. The lowest BCUT2D eigenvalue weighted by molar-refractivity contribution is -0.147. The van der Waals surface area contributed by atoms with Crippen LogP contribution in [0.15, 0.2) is 84.9 Å². The molecule has 0 amide bonds. The Morgan fingerprint density at radius 2 is 1.33 bits per heavy atom. The first kappa shape index (κ1) is 33.0. The summed E-state index contributed by atoms with van der Waals surface area (Å²) in [4.78, 5) is 38.2. The number of methoxy groups -OCH3 is 1. The van der Waals surface area contributed by atoms with Gasteiger partial charge in [0.2, 0.25) is 0 Å². The van der Waals surface area contributed by atoms with E-state index in [2.05, 4.69) is 48.5 Å². The monoisotopic (exact) mass is 588 g/mol. The van der Waals surface area contributed by atoms with Gasteiger partial charge in [-0.1, -0.05) is 104 Å². The number of halogens is 1. The van der Waals surface area contributed by atoms with E-state index in [4.69, 9.17) is 17.0 Å². The minimum absolute atomic E-state index is 0.0436. The van der Waals surface area contributed by atoms with Gasteiger partial charge in [0.05, 0.1) is 19.4 Å². The summed E-state index contributed by atoms with van der Waals surface area (Å²) < 4.78 is 18.7. The fraction of sp³-hybridized carbons (Fsp3) is 0.389. The van der Waals surface area contributed by atoms with Gasteiger partial charge in [-0.3, -0.25) is 14.4 Å². The second-order valence-corrected chi connectivity index (χ2v) is 11.4. The Kier molecular flexibility index (Phi) is 14.2. The van der Waals surface area contributed by atoms with Crippen LogP contribution >= 0.6 is 12.2 Å². The number of unbranched alkanes of at least 4 members (excludes halogenated alkanes) is 2. The quantitative estimate of drug-likeness (QED) is 0.0609. The first-order valence-electron chi connectivity index (χ1n) is 14.8. The summed E-state index contributed by atoms with van der Waals surface area (Å²) in [5, 5.41) is 0. The lowest BCUT2D eigenvalue weighted by Gasteiger charge is -2.18. The van der Waals surface area contributed by atoms with Crippen LogP contribution in [0.1, 0.15) is 86.8 Å². The highest BCUT2D eigenvalue weighted by Crippen LogP contribution is 2.30. The maximum Gasteiger partial charge on any atom is 0.309 e. The molecule has 0 unspecified atom stereocenters. The van der Waals surface area contributed by atoms with Crippen molar-refractivity contribution in [2.45, 2.75) is 76.5 Å². The molecule has 0 aliphatic carbocycles. The van der Waals surface area contributed by atoms with Gasteiger partial charge < -0.3 is 4.74 Å².